The lowest BCUT2D eigenvalue weighted by molar-refractivity contribution is -0.0155. The van der Waals surface area contributed by atoms with Crippen LogP contribution in [0.4, 0.5) is 0 Å². The van der Waals surface area contributed by atoms with Crippen molar-refractivity contribution in [1.29, 1.82) is 0 Å². The number of hydrogen-bond donors (Lipinski definition) is 2. The minimum absolute atomic E-state index is 0.0470. The minimum atomic E-state index is -0.0470. The lowest BCUT2D eigenvalue weighted by Crippen LogP contribution is -2.41. The molecule has 0 spiro atoms. The lowest BCUT2D eigenvalue weighted by Gasteiger charge is -2.35. The molecule has 0 atom stereocenters. The molecular formula is C12H18ClNO3. The summed E-state index contributed by atoms with van der Waals surface area (Å²) in [5.41, 5.74) is -0.0470. The molecule has 0 saturated carbocycles. The molecule has 0 unspecified atom stereocenters. The molecule has 96 valence electrons. The van der Waals surface area contributed by atoms with Crippen molar-refractivity contribution in [3.05, 3.63) is 23.1 Å². The van der Waals surface area contributed by atoms with Gasteiger partial charge >= 0.3 is 0 Å². The molecule has 0 amide bonds. The summed E-state index contributed by atoms with van der Waals surface area (Å²) < 4.78 is 10.6. The molecule has 0 aromatic carbocycles. The molecule has 1 aromatic rings. The van der Waals surface area contributed by atoms with E-state index < -0.39 is 0 Å². The van der Waals surface area contributed by atoms with Crippen molar-refractivity contribution >= 4 is 11.6 Å². The van der Waals surface area contributed by atoms with Gasteiger partial charge < -0.3 is 19.6 Å². The third-order valence-corrected chi connectivity index (χ3v) is 3.52. The Hall–Kier alpha value is -0.550. The van der Waals surface area contributed by atoms with Gasteiger partial charge in [0.2, 0.25) is 0 Å². The summed E-state index contributed by atoms with van der Waals surface area (Å²) in [6, 6.07) is 3.58. The molecule has 0 radical (unpaired) electrons. The van der Waals surface area contributed by atoms with Crippen LogP contribution in [0.2, 0.25) is 5.22 Å². The number of aliphatic hydroxyl groups excluding tert-OH is 1. The summed E-state index contributed by atoms with van der Waals surface area (Å²) in [4.78, 5) is 0. The highest BCUT2D eigenvalue weighted by Crippen LogP contribution is 2.29. The highest BCUT2D eigenvalue weighted by Gasteiger charge is 2.31. The molecule has 2 heterocycles. The Morgan fingerprint density at radius 3 is 2.71 bits per heavy atom. The fourth-order valence-electron chi connectivity index (χ4n) is 2.09. The first kappa shape index (κ1) is 12.9. The molecule has 4 nitrogen and oxygen atoms in total. The van der Waals surface area contributed by atoms with Gasteiger partial charge in [0.15, 0.2) is 5.22 Å². The molecular weight excluding hydrogens is 242 g/mol. The van der Waals surface area contributed by atoms with E-state index in [2.05, 4.69) is 5.32 Å². The minimum Gasteiger partial charge on any atom is -0.448 e. The van der Waals surface area contributed by atoms with Gasteiger partial charge in [-0.2, -0.15) is 0 Å². The van der Waals surface area contributed by atoms with E-state index in [0.29, 0.717) is 11.8 Å². The van der Waals surface area contributed by atoms with Crippen LogP contribution in [0.25, 0.3) is 0 Å². The second kappa shape index (κ2) is 5.87. The molecule has 2 rings (SSSR count). The van der Waals surface area contributed by atoms with Crippen LogP contribution in [0.5, 0.6) is 0 Å². The van der Waals surface area contributed by atoms with Gasteiger partial charge in [-0.25, -0.2) is 0 Å². The van der Waals surface area contributed by atoms with Gasteiger partial charge in [0, 0.05) is 25.2 Å². The van der Waals surface area contributed by atoms with Crippen molar-refractivity contribution < 1.29 is 14.3 Å². The third-order valence-electron chi connectivity index (χ3n) is 3.32. The number of halogens is 1. The average molecular weight is 260 g/mol. The zero-order valence-electron chi connectivity index (χ0n) is 9.75. The Balaban J connectivity index is 1.79. The van der Waals surface area contributed by atoms with Gasteiger partial charge in [0.1, 0.15) is 5.76 Å². The number of aliphatic hydroxyl groups is 1. The fraction of sp³-hybridized carbons (Fsp3) is 0.667. The molecule has 0 aliphatic carbocycles. The normalized spacial score (nSPS) is 19.4. The van der Waals surface area contributed by atoms with E-state index in [1.807, 2.05) is 6.07 Å². The molecule has 17 heavy (non-hydrogen) atoms. The van der Waals surface area contributed by atoms with E-state index in [1.54, 1.807) is 6.07 Å². The predicted molar refractivity (Wildman–Crippen MR) is 65.0 cm³/mol. The molecule has 1 aromatic heterocycles. The van der Waals surface area contributed by atoms with Gasteiger partial charge in [-0.05, 0) is 36.6 Å². The Labute approximate surface area is 106 Å². The summed E-state index contributed by atoms with van der Waals surface area (Å²) in [7, 11) is 0. The Morgan fingerprint density at radius 1 is 1.35 bits per heavy atom. The van der Waals surface area contributed by atoms with E-state index >= 15 is 0 Å². The number of rotatable bonds is 5. The quantitative estimate of drug-likeness (QED) is 0.847. The molecule has 1 saturated heterocycles. The van der Waals surface area contributed by atoms with Gasteiger partial charge in [0.05, 0.1) is 13.2 Å². The van der Waals surface area contributed by atoms with E-state index in [4.69, 9.17) is 20.8 Å². The van der Waals surface area contributed by atoms with Crippen LogP contribution in [0.3, 0.4) is 0 Å². The Morgan fingerprint density at radius 2 is 2.12 bits per heavy atom. The largest absolute Gasteiger partial charge is 0.448 e. The lowest BCUT2D eigenvalue weighted by atomic mass is 9.81. The zero-order valence-corrected chi connectivity index (χ0v) is 10.5. The smallest absolute Gasteiger partial charge is 0.193 e. The van der Waals surface area contributed by atoms with Crippen molar-refractivity contribution in [2.24, 2.45) is 5.41 Å². The van der Waals surface area contributed by atoms with Crippen LogP contribution in [-0.2, 0) is 11.3 Å². The molecule has 1 aliphatic heterocycles. The number of hydrogen-bond acceptors (Lipinski definition) is 4. The second-order valence-corrected chi connectivity index (χ2v) is 4.95. The van der Waals surface area contributed by atoms with Crippen LogP contribution >= 0.6 is 11.6 Å². The van der Waals surface area contributed by atoms with E-state index in [0.717, 1.165) is 38.4 Å². The summed E-state index contributed by atoms with van der Waals surface area (Å²) in [6.07, 6.45) is 1.80. The van der Waals surface area contributed by atoms with Crippen molar-refractivity contribution in [2.45, 2.75) is 19.4 Å². The summed E-state index contributed by atoms with van der Waals surface area (Å²) in [5.74, 6) is 0.815. The summed E-state index contributed by atoms with van der Waals surface area (Å²) in [5, 5.41) is 13.2. The number of nitrogens with one attached hydrogen (secondary N) is 1. The average Bonchev–Trinajstić information content (AvgIpc) is 2.76. The van der Waals surface area contributed by atoms with Gasteiger partial charge in [-0.3, -0.25) is 0 Å². The second-order valence-electron chi connectivity index (χ2n) is 4.58. The molecule has 1 aliphatic rings. The maximum Gasteiger partial charge on any atom is 0.193 e. The van der Waals surface area contributed by atoms with Gasteiger partial charge in [-0.15, -0.1) is 0 Å². The van der Waals surface area contributed by atoms with Crippen molar-refractivity contribution in [3.8, 4) is 0 Å². The Kier molecular flexibility index (Phi) is 4.45. The topological polar surface area (TPSA) is 54.6 Å². The summed E-state index contributed by atoms with van der Waals surface area (Å²) in [6.45, 7) is 3.06. The van der Waals surface area contributed by atoms with Crippen LogP contribution in [0, 0.1) is 5.41 Å². The van der Waals surface area contributed by atoms with E-state index in [-0.39, 0.29) is 12.0 Å². The maximum atomic E-state index is 9.50. The van der Waals surface area contributed by atoms with Crippen molar-refractivity contribution in [2.75, 3.05) is 26.4 Å². The molecule has 2 N–H and O–H groups in total. The van der Waals surface area contributed by atoms with Crippen molar-refractivity contribution in [1.82, 2.24) is 5.32 Å². The SMILES string of the molecule is OCC1(CNCc2ccc(Cl)o2)CCOCC1. The standard InChI is InChI=1S/C12H18ClNO3/c13-11-2-1-10(17-11)7-14-8-12(9-15)3-5-16-6-4-12/h1-2,14-15H,3-9H2. The fourth-order valence-corrected chi connectivity index (χ4v) is 2.25. The monoisotopic (exact) mass is 259 g/mol. The summed E-state index contributed by atoms with van der Waals surface area (Å²) >= 11 is 5.69. The van der Waals surface area contributed by atoms with Gasteiger partial charge in [-0.1, -0.05) is 0 Å². The molecule has 0 bridgehead atoms. The number of ether oxygens (including phenoxy) is 1. The highest BCUT2D eigenvalue weighted by molar-refractivity contribution is 6.28. The van der Waals surface area contributed by atoms with Crippen LogP contribution in [0.1, 0.15) is 18.6 Å². The highest BCUT2D eigenvalue weighted by atomic mass is 35.5. The molecule has 1 fully saturated rings. The zero-order chi connectivity index (χ0) is 12.1. The van der Waals surface area contributed by atoms with E-state index in [1.165, 1.54) is 0 Å². The maximum absolute atomic E-state index is 9.50. The van der Waals surface area contributed by atoms with E-state index in [9.17, 15) is 5.11 Å². The number of furan rings is 1. The third kappa shape index (κ3) is 3.45. The Bertz CT molecular complexity index is 347. The van der Waals surface area contributed by atoms with Crippen molar-refractivity contribution in [3.63, 3.8) is 0 Å². The van der Waals surface area contributed by atoms with Crippen LogP contribution < -0.4 is 5.32 Å². The molecule has 5 heteroatoms. The van der Waals surface area contributed by atoms with Gasteiger partial charge in [0.25, 0.3) is 0 Å². The first-order valence-electron chi connectivity index (χ1n) is 5.88. The van der Waals surface area contributed by atoms with Crippen LogP contribution in [0.15, 0.2) is 16.5 Å². The van der Waals surface area contributed by atoms with Crippen LogP contribution in [-0.4, -0.2) is 31.5 Å². The first-order chi connectivity index (χ1) is 8.24. The first-order valence-corrected chi connectivity index (χ1v) is 6.25. The predicted octanol–water partition coefficient (Wildman–Crippen LogP) is 1.81.